The van der Waals surface area contributed by atoms with Crippen molar-refractivity contribution in [1.29, 1.82) is 0 Å². The van der Waals surface area contributed by atoms with Crippen LogP contribution in [0.4, 0.5) is 11.4 Å². The summed E-state index contributed by atoms with van der Waals surface area (Å²) in [6.45, 7) is 1.12. The second-order valence-corrected chi connectivity index (χ2v) is 6.92. The number of imide groups is 1. The fourth-order valence-corrected chi connectivity index (χ4v) is 3.09. The second-order valence-electron chi connectivity index (χ2n) is 6.92. The van der Waals surface area contributed by atoms with Gasteiger partial charge in [-0.05, 0) is 30.2 Å². The van der Waals surface area contributed by atoms with Crippen LogP contribution in [-0.2, 0) is 25.7 Å². The van der Waals surface area contributed by atoms with Crippen molar-refractivity contribution in [3.63, 3.8) is 0 Å². The highest BCUT2D eigenvalue weighted by molar-refractivity contribution is 6.02. The molecule has 3 amide bonds. The zero-order valence-corrected chi connectivity index (χ0v) is 16.6. The van der Waals surface area contributed by atoms with Crippen LogP contribution in [0.3, 0.4) is 0 Å². The molecule has 0 atom stereocenters. The molecule has 0 unspecified atom stereocenters. The molecule has 1 fully saturated rings. The van der Waals surface area contributed by atoms with E-state index in [0.717, 1.165) is 0 Å². The van der Waals surface area contributed by atoms with Gasteiger partial charge in [-0.3, -0.25) is 29.4 Å². The van der Waals surface area contributed by atoms with Crippen molar-refractivity contribution in [2.45, 2.75) is 26.3 Å². The molecule has 2 aromatic rings. The van der Waals surface area contributed by atoms with Crippen molar-refractivity contribution in [1.82, 2.24) is 4.90 Å². The average molecular weight is 425 g/mol. The summed E-state index contributed by atoms with van der Waals surface area (Å²) in [5, 5.41) is 13.5. The van der Waals surface area contributed by atoms with Gasteiger partial charge in [0.1, 0.15) is 5.69 Å². The number of esters is 1. The SMILES string of the molecule is Cc1cccc([N+](=O)[O-])c1NC(=O)COC(=O)c1ccc(CN2C(=O)CCC2=O)cc1. The predicted octanol–water partition coefficient (Wildman–Crippen LogP) is 2.35. The van der Waals surface area contributed by atoms with Crippen molar-refractivity contribution in [2.75, 3.05) is 11.9 Å². The van der Waals surface area contributed by atoms with Crippen LogP contribution in [0.15, 0.2) is 42.5 Å². The molecule has 10 heteroatoms. The third kappa shape index (κ3) is 5.10. The van der Waals surface area contributed by atoms with Crippen LogP contribution in [0.1, 0.15) is 34.3 Å². The van der Waals surface area contributed by atoms with Gasteiger partial charge < -0.3 is 10.1 Å². The lowest BCUT2D eigenvalue weighted by atomic mass is 10.1. The van der Waals surface area contributed by atoms with Gasteiger partial charge in [0.25, 0.3) is 11.6 Å². The lowest BCUT2D eigenvalue weighted by Crippen LogP contribution is -2.28. The van der Waals surface area contributed by atoms with Gasteiger partial charge in [-0.2, -0.15) is 0 Å². The quantitative estimate of drug-likeness (QED) is 0.311. The van der Waals surface area contributed by atoms with Crippen LogP contribution in [0.25, 0.3) is 0 Å². The predicted molar refractivity (Wildman–Crippen MR) is 108 cm³/mol. The van der Waals surface area contributed by atoms with Gasteiger partial charge in [-0.1, -0.05) is 24.3 Å². The van der Waals surface area contributed by atoms with E-state index in [9.17, 15) is 29.3 Å². The zero-order chi connectivity index (χ0) is 22.5. The maximum atomic E-state index is 12.2. The van der Waals surface area contributed by atoms with E-state index in [4.69, 9.17) is 4.74 Å². The molecule has 3 rings (SSSR count). The Kier molecular flexibility index (Phi) is 6.39. The van der Waals surface area contributed by atoms with E-state index >= 15 is 0 Å². The van der Waals surface area contributed by atoms with E-state index < -0.39 is 23.4 Å². The number of nitrogens with zero attached hydrogens (tertiary/aromatic N) is 2. The first-order valence-electron chi connectivity index (χ1n) is 9.39. The summed E-state index contributed by atoms with van der Waals surface area (Å²) in [6.07, 6.45) is 0.411. The van der Waals surface area contributed by atoms with Crippen LogP contribution < -0.4 is 5.32 Å². The van der Waals surface area contributed by atoms with Crippen molar-refractivity contribution in [3.8, 4) is 0 Å². The third-order valence-corrected chi connectivity index (χ3v) is 4.73. The highest BCUT2D eigenvalue weighted by atomic mass is 16.6. The molecule has 0 radical (unpaired) electrons. The van der Waals surface area contributed by atoms with Crippen molar-refractivity contribution in [2.24, 2.45) is 0 Å². The minimum absolute atomic E-state index is 0.0453. The Morgan fingerprint density at radius 3 is 2.35 bits per heavy atom. The molecule has 0 bridgehead atoms. The van der Waals surface area contributed by atoms with Gasteiger partial charge in [0.2, 0.25) is 11.8 Å². The van der Waals surface area contributed by atoms with Gasteiger partial charge in [0.15, 0.2) is 6.61 Å². The number of ether oxygens (including phenoxy) is 1. The number of hydrogen-bond donors (Lipinski definition) is 1. The number of nitrogens with one attached hydrogen (secondary N) is 1. The second kappa shape index (κ2) is 9.16. The minimum Gasteiger partial charge on any atom is -0.452 e. The number of para-hydroxylation sites is 1. The molecule has 0 aromatic heterocycles. The molecular formula is C21H19N3O7. The molecule has 0 aliphatic carbocycles. The maximum Gasteiger partial charge on any atom is 0.338 e. The minimum atomic E-state index is -0.755. The molecule has 10 nitrogen and oxygen atoms in total. The Morgan fingerprint density at radius 1 is 1.10 bits per heavy atom. The van der Waals surface area contributed by atoms with Crippen LogP contribution in [-0.4, -0.2) is 40.1 Å². The van der Waals surface area contributed by atoms with E-state index in [1.54, 1.807) is 25.1 Å². The van der Waals surface area contributed by atoms with Crippen LogP contribution in [0.2, 0.25) is 0 Å². The number of carbonyl (C=O) groups is 4. The van der Waals surface area contributed by atoms with Crippen molar-refractivity contribution >= 4 is 35.1 Å². The number of benzene rings is 2. The smallest absolute Gasteiger partial charge is 0.338 e. The Balaban J connectivity index is 1.56. The van der Waals surface area contributed by atoms with E-state index in [1.807, 2.05) is 0 Å². The summed E-state index contributed by atoms with van der Waals surface area (Å²) in [7, 11) is 0. The number of hydrogen-bond acceptors (Lipinski definition) is 7. The van der Waals surface area contributed by atoms with E-state index in [1.165, 1.54) is 29.2 Å². The Hall–Kier alpha value is -4.08. The van der Waals surface area contributed by atoms with Gasteiger partial charge in [0, 0.05) is 18.9 Å². The average Bonchev–Trinajstić information content (AvgIpc) is 3.06. The number of anilines is 1. The van der Waals surface area contributed by atoms with E-state index in [2.05, 4.69) is 5.32 Å². The molecule has 1 heterocycles. The first-order valence-corrected chi connectivity index (χ1v) is 9.39. The number of amides is 3. The normalized spacial score (nSPS) is 13.3. The molecule has 1 aliphatic heterocycles. The fraction of sp³-hybridized carbons (Fsp3) is 0.238. The molecule has 1 saturated heterocycles. The number of carbonyl (C=O) groups excluding carboxylic acids is 4. The third-order valence-electron chi connectivity index (χ3n) is 4.73. The fourth-order valence-electron chi connectivity index (χ4n) is 3.09. The molecular weight excluding hydrogens is 406 g/mol. The van der Waals surface area contributed by atoms with Gasteiger partial charge >= 0.3 is 5.97 Å². The lowest BCUT2D eigenvalue weighted by molar-refractivity contribution is -0.384. The largest absolute Gasteiger partial charge is 0.452 e. The van der Waals surface area contributed by atoms with E-state index in [-0.39, 0.29) is 48.1 Å². The van der Waals surface area contributed by atoms with Crippen LogP contribution in [0, 0.1) is 17.0 Å². The number of rotatable bonds is 7. The van der Waals surface area contributed by atoms with Crippen molar-refractivity contribution in [3.05, 3.63) is 69.3 Å². The molecule has 0 saturated carbocycles. The molecule has 2 aromatic carbocycles. The maximum absolute atomic E-state index is 12.2. The highest BCUT2D eigenvalue weighted by Gasteiger charge is 2.28. The topological polar surface area (TPSA) is 136 Å². The van der Waals surface area contributed by atoms with E-state index in [0.29, 0.717) is 11.1 Å². The molecule has 1 aliphatic rings. The zero-order valence-electron chi connectivity index (χ0n) is 16.6. The Morgan fingerprint density at radius 2 is 1.74 bits per heavy atom. The number of aryl methyl sites for hydroxylation is 1. The number of nitro groups is 1. The van der Waals surface area contributed by atoms with Gasteiger partial charge in [0.05, 0.1) is 17.0 Å². The standard InChI is InChI=1S/C21H19N3O7/c1-13-3-2-4-16(24(29)30)20(13)22-17(25)12-31-21(28)15-7-5-14(6-8-15)11-23-18(26)9-10-19(23)27/h2-8H,9-12H2,1H3,(H,22,25). The summed E-state index contributed by atoms with van der Waals surface area (Å²) >= 11 is 0. The molecule has 160 valence electrons. The summed E-state index contributed by atoms with van der Waals surface area (Å²) < 4.78 is 4.97. The van der Waals surface area contributed by atoms with Crippen LogP contribution in [0.5, 0.6) is 0 Å². The van der Waals surface area contributed by atoms with Crippen molar-refractivity contribution < 1.29 is 28.8 Å². The summed E-state index contributed by atoms with van der Waals surface area (Å²) in [6, 6.07) is 10.5. The first kappa shape index (κ1) is 21.6. The van der Waals surface area contributed by atoms with Gasteiger partial charge in [-0.25, -0.2) is 4.79 Å². The monoisotopic (exact) mass is 425 g/mol. The summed E-state index contributed by atoms with van der Waals surface area (Å²) in [4.78, 5) is 59.3. The molecule has 0 spiro atoms. The molecule has 1 N–H and O–H groups in total. The highest BCUT2D eigenvalue weighted by Crippen LogP contribution is 2.27. The lowest BCUT2D eigenvalue weighted by Gasteiger charge is -2.14. The van der Waals surface area contributed by atoms with Gasteiger partial charge in [-0.15, -0.1) is 0 Å². The molecule has 31 heavy (non-hydrogen) atoms. The first-order chi connectivity index (χ1) is 14.8. The number of likely N-dealkylation sites (tertiary alicyclic amines) is 1. The Bertz CT molecular complexity index is 1050. The number of nitro benzene ring substituents is 1. The Labute approximate surface area is 176 Å². The van der Waals surface area contributed by atoms with Crippen LogP contribution >= 0.6 is 0 Å². The summed E-state index contributed by atoms with van der Waals surface area (Å²) in [5.41, 5.74) is 1.14. The summed E-state index contributed by atoms with van der Waals surface area (Å²) in [5.74, 6) is -1.93.